The quantitative estimate of drug-likeness (QED) is 0.783. The van der Waals surface area contributed by atoms with E-state index in [-0.39, 0.29) is 17.9 Å². The number of benzene rings is 1. The number of sulfone groups is 1. The van der Waals surface area contributed by atoms with Crippen LogP contribution in [0.25, 0.3) is 0 Å². The molecule has 1 aromatic carbocycles. The molecule has 0 radical (unpaired) electrons. The van der Waals surface area contributed by atoms with Crippen LogP contribution in [0.4, 0.5) is 0 Å². The Balaban J connectivity index is 2.50. The van der Waals surface area contributed by atoms with E-state index >= 15 is 0 Å². The maximum absolute atomic E-state index is 11.8. The molecule has 0 bridgehead atoms. The van der Waals surface area contributed by atoms with Gasteiger partial charge in [-0.25, -0.2) is 8.42 Å². The number of aliphatic carboxylic acids is 1. The monoisotopic (exact) mass is 290 g/mol. The largest absolute Gasteiger partial charge is 0.481 e. The number of rotatable bonds is 7. The predicted octanol–water partition coefficient (Wildman–Crippen LogP) is 2.51. The zero-order valence-corrected chi connectivity index (χ0v) is 11.4. The van der Waals surface area contributed by atoms with Gasteiger partial charge in [0.1, 0.15) is 0 Å². The number of carboxylic acid groups (broad SMARTS) is 1. The molecule has 1 rings (SSSR count). The molecule has 0 saturated carbocycles. The summed E-state index contributed by atoms with van der Waals surface area (Å²) in [4.78, 5) is 10.3. The first-order chi connectivity index (χ1) is 8.41. The SMILES string of the molecule is O=C(O)CCCCS(=O)(=O)Cc1ccccc1Cl. The maximum Gasteiger partial charge on any atom is 0.303 e. The van der Waals surface area contributed by atoms with Crippen molar-refractivity contribution in [2.24, 2.45) is 0 Å². The van der Waals surface area contributed by atoms with Crippen LogP contribution in [0.5, 0.6) is 0 Å². The molecule has 1 N–H and O–H groups in total. The van der Waals surface area contributed by atoms with E-state index in [1.54, 1.807) is 24.3 Å². The summed E-state index contributed by atoms with van der Waals surface area (Å²) in [7, 11) is -3.23. The minimum Gasteiger partial charge on any atom is -0.481 e. The fourth-order valence-corrected chi connectivity index (χ4v) is 3.32. The third-order valence-electron chi connectivity index (χ3n) is 2.43. The summed E-state index contributed by atoms with van der Waals surface area (Å²) < 4.78 is 23.6. The van der Waals surface area contributed by atoms with E-state index in [1.807, 2.05) is 0 Å². The van der Waals surface area contributed by atoms with Crippen LogP contribution in [0.1, 0.15) is 24.8 Å². The molecule has 0 fully saturated rings. The molecular formula is C12H15ClO4S. The minimum absolute atomic E-state index is 0.00160. The molecule has 0 aromatic heterocycles. The normalized spacial score (nSPS) is 11.4. The molecule has 1 aromatic rings. The van der Waals surface area contributed by atoms with Gasteiger partial charge in [-0.2, -0.15) is 0 Å². The molecule has 6 heteroatoms. The number of carbonyl (C=O) groups is 1. The molecule has 0 atom stereocenters. The van der Waals surface area contributed by atoms with Gasteiger partial charge in [-0.15, -0.1) is 0 Å². The van der Waals surface area contributed by atoms with Crippen molar-refractivity contribution in [1.29, 1.82) is 0 Å². The van der Waals surface area contributed by atoms with E-state index in [0.29, 0.717) is 23.4 Å². The summed E-state index contributed by atoms with van der Waals surface area (Å²) >= 11 is 5.89. The van der Waals surface area contributed by atoms with Gasteiger partial charge in [0.15, 0.2) is 9.84 Å². The summed E-state index contributed by atoms with van der Waals surface area (Å²) in [6.07, 6.45) is 0.734. The van der Waals surface area contributed by atoms with Crippen molar-refractivity contribution >= 4 is 27.4 Å². The third-order valence-corrected chi connectivity index (χ3v) is 4.46. The fourth-order valence-electron chi connectivity index (χ4n) is 1.52. The summed E-state index contributed by atoms with van der Waals surface area (Å²) in [5.41, 5.74) is 0.581. The molecule has 0 saturated heterocycles. The van der Waals surface area contributed by atoms with Gasteiger partial charge in [-0.1, -0.05) is 29.8 Å². The van der Waals surface area contributed by atoms with Crippen molar-refractivity contribution in [1.82, 2.24) is 0 Å². The Morgan fingerprint density at radius 2 is 1.89 bits per heavy atom. The highest BCUT2D eigenvalue weighted by Gasteiger charge is 2.13. The first kappa shape index (κ1) is 15.0. The molecule has 0 spiro atoms. The Bertz CT molecular complexity index is 511. The van der Waals surface area contributed by atoms with E-state index in [0.717, 1.165) is 0 Å². The van der Waals surface area contributed by atoms with Crippen LogP contribution in [-0.4, -0.2) is 25.2 Å². The lowest BCUT2D eigenvalue weighted by Crippen LogP contribution is -2.10. The number of unbranched alkanes of at least 4 members (excludes halogenated alkanes) is 1. The lowest BCUT2D eigenvalue weighted by atomic mass is 10.2. The van der Waals surface area contributed by atoms with E-state index in [2.05, 4.69) is 0 Å². The highest BCUT2D eigenvalue weighted by Crippen LogP contribution is 2.18. The molecule has 0 heterocycles. The second-order valence-corrected chi connectivity index (χ2v) is 6.63. The molecule has 4 nitrogen and oxygen atoms in total. The average molecular weight is 291 g/mol. The highest BCUT2D eigenvalue weighted by molar-refractivity contribution is 7.90. The number of halogens is 1. The van der Waals surface area contributed by atoms with Crippen molar-refractivity contribution in [3.8, 4) is 0 Å². The Morgan fingerprint density at radius 3 is 2.50 bits per heavy atom. The van der Waals surface area contributed by atoms with Gasteiger partial charge in [0.25, 0.3) is 0 Å². The lowest BCUT2D eigenvalue weighted by molar-refractivity contribution is -0.137. The summed E-state index contributed by atoms with van der Waals surface area (Å²) in [6, 6.07) is 6.81. The van der Waals surface area contributed by atoms with Crippen LogP contribution < -0.4 is 0 Å². The predicted molar refractivity (Wildman–Crippen MR) is 70.4 cm³/mol. The minimum atomic E-state index is -3.23. The number of hydrogen-bond acceptors (Lipinski definition) is 3. The van der Waals surface area contributed by atoms with E-state index in [9.17, 15) is 13.2 Å². The summed E-state index contributed by atoms with van der Waals surface area (Å²) in [5.74, 6) is -1.01. The van der Waals surface area contributed by atoms with E-state index < -0.39 is 15.8 Å². The van der Waals surface area contributed by atoms with Crippen molar-refractivity contribution in [2.45, 2.75) is 25.0 Å². The Hall–Kier alpha value is -1.07. The summed E-state index contributed by atoms with van der Waals surface area (Å²) in [6.45, 7) is 0. The number of hydrogen-bond donors (Lipinski definition) is 1. The van der Waals surface area contributed by atoms with Crippen molar-refractivity contribution < 1.29 is 18.3 Å². The molecule has 0 aliphatic heterocycles. The van der Waals surface area contributed by atoms with Gasteiger partial charge in [-0.3, -0.25) is 4.79 Å². The standard InChI is InChI=1S/C12H15ClO4S/c13-11-6-2-1-5-10(11)9-18(16,17)8-4-3-7-12(14)15/h1-2,5-6H,3-4,7-9H2,(H,14,15). The Kier molecular flexibility index (Phi) is 5.62. The molecule has 0 aliphatic carbocycles. The van der Waals surface area contributed by atoms with E-state index in [1.165, 1.54) is 0 Å². The topological polar surface area (TPSA) is 71.4 Å². The van der Waals surface area contributed by atoms with Gasteiger partial charge < -0.3 is 5.11 Å². The van der Waals surface area contributed by atoms with Gasteiger partial charge in [-0.05, 0) is 24.5 Å². The maximum atomic E-state index is 11.8. The van der Waals surface area contributed by atoms with Crippen LogP contribution in [0, 0.1) is 0 Å². The zero-order valence-electron chi connectivity index (χ0n) is 9.80. The van der Waals surface area contributed by atoms with E-state index in [4.69, 9.17) is 16.7 Å². The smallest absolute Gasteiger partial charge is 0.303 e. The van der Waals surface area contributed by atoms with Crippen molar-refractivity contribution in [2.75, 3.05) is 5.75 Å². The summed E-state index contributed by atoms with van der Waals surface area (Å²) in [5, 5.41) is 8.88. The van der Waals surface area contributed by atoms with Crippen LogP contribution in [0.15, 0.2) is 24.3 Å². The third kappa shape index (κ3) is 5.51. The van der Waals surface area contributed by atoms with Gasteiger partial charge >= 0.3 is 5.97 Å². The van der Waals surface area contributed by atoms with Crippen LogP contribution in [0.3, 0.4) is 0 Å². The lowest BCUT2D eigenvalue weighted by Gasteiger charge is -2.05. The molecule has 0 amide bonds. The zero-order chi connectivity index (χ0) is 13.6. The first-order valence-electron chi connectivity index (χ1n) is 5.56. The fraction of sp³-hybridized carbons (Fsp3) is 0.417. The van der Waals surface area contributed by atoms with Gasteiger partial charge in [0.2, 0.25) is 0 Å². The molecular weight excluding hydrogens is 276 g/mol. The molecule has 18 heavy (non-hydrogen) atoms. The van der Waals surface area contributed by atoms with Gasteiger partial charge in [0.05, 0.1) is 11.5 Å². The van der Waals surface area contributed by atoms with Crippen LogP contribution in [-0.2, 0) is 20.4 Å². The second kappa shape index (κ2) is 6.75. The van der Waals surface area contributed by atoms with Gasteiger partial charge in [0, 0.05) is 11.4 Å². The Morgan fingerprint density at radius 1 is 1.22 bits per heavy atom. The average Bonchev–Trinajstić information content (AvgIpc) is 2.27. The number of carboxylic acids is 1. The van der Waals surface area contributed by atoms with Crippen LogP contribution in [0.2, 0.25) is 5.02 Å². The molecule has 0 unspecified atom stereocenters. The van der Waals surface area contributed by atoms with Crippen LogP contribution >= 0.6 is 11.6 Å². The Labute approximate surface area is 112 Å². The first-order valence-corrected chi connectivity index (χ1v) is 7.76. The van der Waals surface area contributed by atoms with Crippen molar-refractivity contribution in [3.63, 3.8) is 0 Å². The molecule has 0 aliphatic rings. The highest BCUT2D eigenvalue weighted by atomic mass is 35.5. The van der Waals surface area contributed by atoms with Crippen molar-refractivity contribution in [3.05, 3.63) is 34.9 Å². The molecule has 100 valence electrons. The second-order valence-electron chi connectivity index (χ2n) is 4.03.